The number of nitrogens with zero attached hydrogens (tertiary/aromatic N) is 1. The second-order valence-corrected chi connectivity index (χ2v) is 6.33. The predicted molar refractivity (Wildman–Crippen MR) is 69.3 cm³/mol. The van der Waals surface area contributed by atoms with E-state index in [1.54, 1.807) is 4.90 Å². The maximum absolute atomic E-state index is 12.6. The summed E-state index contributed by atoms with van der Waals surface area (Å²) in [6.45, 7) is 0.629. The Morgan fingerprint density at radius 2 is 1.84 bits per heavy atom. The minimum atomic E-state index is -0.839. The lowest BCUT2D eigenvalue weighted by molar-refractivity contribution is -0.151. The Morgan fingerprint density at radius 1 is 1.11 bits per heavy atom. The van der Waals surface area contributed by atoms with Crippen molar-refractivity contribution < 1.29 is 14.7 Å². The molecule has 2 aliphatic carbocycles. The maximum Gasteiger partial charge on any atom is 0.326 e. The van der Waals surface area contributed by atoms with Crippen LogP contribution in [-0.4, -0.2) is 40.5 Å². The van der Waals surface area contributed by atoms with Gasteiger partial charge in [-0.2, -0.15) is 0 Å². The smallest absolute Gasteiger partial charge is 0.326 e. The number of hydrogen-bond donors (Lipinski definition) is 2. The number of carboxylic acids is 1. The van der Waals surface area contributed by atoms with Crippen molar-refractivity contribution >= 4 is 11.9 Å². The van der Waals surface area contributed by atoms with Gasteiger partial charge in [0.1, 0.15) is 6.04 Å². The Kier molecular flexibility index (Phi) is 3.25. The fourth-order valence-electron chi connectivity index (χ4n) is 4.36. The van der Waals surface area contributed by atoms with Crippen molar-refractivity contribution in [2.45, 2.75) is 50.6 Å². The van der Waals surface area contributed by atoms with Gasteiger partial charge < -0.3 is 15.7 Å². The number of carbonyl (C=O) groups is 2. The molecule has 3 rings (SSSR count). The number of aliphatic carboxylic acids is 1. The number of fused-ring (bicyclic) bond motifs is 1. The Hall–Kier alpha value is -1.10. The van der Waals surface area contributed by atoms with Crippen LogP contribution in [0.5, 0.6) is 0 Å². The van der Waals surface area contributed by atoms with Crippen molar-refractivity contribution in [2.24, 2.45) is 23.5 Å². The predicted octanol–water partition coefficient (Wildman–Crippen LogP) is 0.825. The van der Waals surface area contributed by atoms with Crippen LogP contribution in [0.4, 0.5) is 0 Å². The van der Waals surface area contributed by atoms with Gasteiger partial charge in [0.05, 0.1) is 5.92 Å². The van der Waals surface area contributed by atoms with E-state index in [4.69, 9.17) is 5.73 Å². The van der Waals surface area contributed by atoms with Gasteiger partial charge in [-0.1, -0.05) is 12.8 Å². The lowest BCUT2D eigenvalue weighted by atomic mass is 9.94. The Bertz CT molecular complexity index is 398. The molecule has 0 aromatic carbocycles. The average molecular weight is 266 g/mol. The van der Waals surface area contributed by atoms with E-state index in [-0.39, 0.29) is 23.8 Å². The molecule has 3 N–H and O–H groups in total. The van der Waals surface area contributed by atoms with E-state index in [0.717, 1.165) is 38.5 Å². The van der Waals surface area contributed by atoms with Crippen LogP contribution in [0.3, 0.4) is 0 Å². The fraction of sp³-hybridized carbons (Fsp3) is 0.857. The fourth-order valence-corrected chi connectivity index (χ4v) is 4.36. The molecule has 3 fully saturated rings. The highest BCUT2D eigenvalue weighted by molar-refractivity contribution is 5.86. The molecule has 0 radical (unpaired) electrons. The van der Waals surface area contributed by atoms with Crippen LogP contribution in [0.25, 0.3) is 0 Å². The van der Waals surface area contributed by atoms with E-state index in [1.165, 1.54) is 0 Å². The number of nitrogens with two attached hydrogens (primary N) is 1. The molecule has 1 saturated heterocycles. The van der Waals surface area contributed by atoms with Gasteiger partial charge in [0, 0.05) is 12.6 Å². The molecule has 0 aromatic rings. The highest BCUT2D eigenvalue weighted by Crippen LogP contribution is 2.43. The second-order valence-electron chi connectivity index (χ2n) is 6.33. The molecule has 5 heteroatoms. The number of hydrogen-bond acceptors (Lipinski definition) is 3. The molecule has 0 spiro atoms. The largest absolute Gasteiger partial charge is 0.480 e. The average Bonchev–Trinajstić information content (AvgIpc) is 3.00. The molecule has 3 aliphatic rings. The summed E-state index contributed by atoms with van der Waals surface area (Å²) in [5.74, 6) is -0.441. The highest BCUT2D eigenvalue weighted by atomic mass is 16.4. The van der Waals surface area contributed by atoms with E-state index in [2.05, 4.69) is 0 Å². The van der Waals surface area contributed by atoms with Crippen LogP contribution in [-0.2, 0) is 9.59 Å². The minimum Gasteiger partial charge on any atom is -0.480 e. The standard InChI is InChI=1S/C14H22N2O3/c15-11-6-2-5-10(11)13(17)16-7-8-3-1-4-9(8)12(16)14(18)19/h8-12H,1-7,15H2,(H,18,19). The zero-order valence-corrected chi connectivity index (χ0v) is 11.1. The van der Waals surface area contributed by atoms with Crippen LogP contribution in [0.15, 0.2) is 0 Å². The first-order valence-corrected chi connectivity index (χ1v) is 7.38. The van der Waals surface area contributed by atoms with Gasteiger partial charge in [-0.15, -0.1) is 0 Å². The summed E-state index contributed by atoms with van der Waals surface area (Å²) in [4.78, 5) is 25.7. The first-order chi connectivity index (χ1) is 9.09. The minimum absolute atomic E-state index is 0.00759. The van der Waals surface area contributed by atoms with Crippen molar-refractivity contribution in [3.63, 3.8) is 0 Å². The monoisotopic (exact) mass is 266 g/mol. The van der Waals surface area contributed by atoms with Crippen LogP contribution >= 0.6 is 0 Å². The number of carbonyl (C=O) groups excluding carboxylic acids is 1. The molecule has 2 saturated carbocycles. The van der Waals surface area contributed by atoms with Gasteiger partial charge in [-0.05, 0) is 37.5 Å². The number of amides is 1. The van der Waals surface area contributed by atoms with Gasteiger partial charge in [-0.25, -0.2) is 4.79 Å². The Labute approximate surface area is 113 Å². The van der Waals surface area contributed by atoms with Gasteiger partial charge in [-0.3, -0.25) is 4.79 Å². The second kappa shape index (κ2) is 4.78. The van der Waals surface area contributed by atoms with E-state index >= 15 is 0 Å². The third-order valence-corrected chi connectivity index (χ3v) is 5.31. The lowest BCUT2D eigenvalue weighted by Gasteiger charge is -2.28. The van der Waals surface area contributed by atoms with Crippen LogP contribution < -0.4 is 5.73 Å². The van der Waals surface area contributed by atoms with E-state index in [9.17, 15) is 14.7 Å². The molecule has 1 heterocycles. The third kappa shape index (κ3) is 2.04. The molecular formula is C14H22N2O3. The SMILES string of the molecule is NC1CCCC1C(=O)N1CC2CCCC2C1C(=O)O. The molecule has 1 amide bonds. The quantitative estimate of drug-likeness (QED) is 0.775. The summed E-state index contributed by atoms with van der Waals surface area (Å²) in [6, 6.07) is -0.685. The van der Waals surface area contributed by atoms with Gasteiger partial charge in [0.25, 0.3) is 0 Å². The molecule has 5 atom stereocenters. The van der Waals surface area contributed by atoms with Crippen LogP contribution in [0, 0.1) is 17.8 Å². The zero-order valence-electron chi connectivity index (χ0n) is 11.1. The number of rotatable bonds is 2. The molecule has 5 unspecified atom stereocenters. The Morgan fingerprint density at radius 3 is 2.47 bits per heavy atom. The molecule has 5 nitrogen and oxygen atoms in total. The van der Waals surface area contributed by atoms with Crippen LogP contribution in [0.2, 0.25) is 0 Å². The highest BCUT2D eigenvalue weighted by Gasteiger charge is 2.51. The summed E-state index contributed by atoms with van der Waals surface area (Å²) in [5, 5.41) is 9.46. The van der Waals surface area contributed by atoms with Gasteiger partial charge >= 0.3 is 5.97 Å². The van der Waals surface area contributed by atoms with E-state index in [0.29, 0.717) is 12.5 Å². The summed E-state index contributed by atoms with van der Waals surface area (Å²) in [7, 11) is 0. The van der Waals surface area contributed by atoms with Gasteiger partial charge in [0.2, 0.25) is 5.91 Å². The lowest BCUT2D eigenvalue weighted by Crippen LogP contribution is -2.48. The first-order valence-electron chi connectivity index (χ1n) is 7.38. The van der Waals surface area contributed by atoms with Crippen molar-refractivity contribution in [1.82, 2.24) is 4.90 Å². The summed E-state index contributed by atoms with van der Waals surface area (Å²) in [6.07, 6.45) is 5.80. The molecule has 106 valence electrons. The van der Waals surface area contributed by atoms with Crippen molar-refractivity contribution in [3.8, 4) is 0 Å². The van der Waals surface area contributed by atoms with Crippen molar-refractivity contribution in [2.75, 3.05) is 6.54 Å². The zero-order chi connectivity index (χ0) is 13.6. The van der Waals surface area contributed by atoms with Crippen LogP contribution in [0.1, 0.15) is 38.5 Å². The maximum atomic E-state index is 12.6. The van der Waals surface area contributed by atoms with E-state index in [1.807, 2.05) is 0 Å². The topological polar surface area (TPSA) is 83.6 Å². The number of carboxylic acid groups (broad SMARTS) is 1. The molecule has 0 bridgehead atoms. The summed E-state index contributed by atoms with van der Waals surface area (Å²) >= 11 is 0. The molecule has 0 aromatic heterocycles. The van der Waals surface area contributed by atoms with E-state index < -0.39 is 12.0 Å². The Balaban J connectivity index is 1.79. The van der Waals surface area contributed by atoms with Gasteiger partial charge in [0.15, 0.2) is 0 Å². The number of likely N-dealkylation sites (tertiary alicyclic amines) is 1. The summed E-state index contributed by atoms with van der Waals surface area (Å²) in [5.41, 5.74) is 5.99. The molecule has 1 aliphatic heterocycles. The molecular weight excluding hydrogens is 244 g/mol. The third-order valence-electron chi connectivity index (χ3n) is 5.31. The molecule has 19 heavy (non-hydrogen) atoms. The summed E-state index contributed by atoms with van der Waals surface area (Å²) < 4.78 is 0. The van der Waals surface area contributed by atoms with Crippen molar-refractivity contribution in [1.29, 1.82) is 0 Å². The van der Waals surface area contributed by atoms with Crippen molar-refractivity contribution in [3.05, 3.63) is 0 Å². The first kappa shape index (κ1) is 12.9. The normalized spacial score (nSPS) is 41.5.